The van der Waals surface area contributed by atoms with E-state index in [9.17, 15) is 13.2 Å². The molecular weight excluding hydrogens is 254 g/mol. The van der Waals surface area contributed by atoms with Crippen LogP contribution in [-0.4, -0.2) is 25.2 Å². The summed E-state index contributed by atoms with van der Waals surface area (Å²) < 4.78 is 24.7. The van der Waals surface area contributed by atoms with Crippen molar-refractivity contribution in [1.82, 2.24) is 0 Å². The minimum absolute atomic E-state index is 0.247. The van der Waals surface area contributed by atoms with Crippen molar-refractivity contribution >= 4 is 33.3 Å². The Morgan fingerprint density at radius 2 is 2.12 bits per heavy atom. The van der Waals surface area contributed by atoms with Crippen molar-refractivity contribution in [3.63, 3.8) is 0 Å². The van der Waals surface area contributed by atoms with Crippen LogP contribution in [0.3, 0.4) is 0 Å². The molecule has 0 atom stereocenters. The van der Waals surface area contributed by atoms with E-state index in [0.717, 1.165) is 5.56 Å². The Hall–Kier alpha value is -1.27. The predicted octanol–water partition coefficient (Wildman–Crippen LogP) is 1.47. The van der Waals surface area contributed by atoms with Gasteiger partial charge in [0.1, 0.15) is 0 Å². The molecule has 88 valence electrons. The number of carboxylic acid groups (broad SMARTS) is 1. The molecule has 0 heterocycles. The number of nitrogens with one attached hydrogen (secondary N) is 1. The maximum absolute atomic E-state index is 11.3. The third kappa shape index (κ3) is 3.71. The van der Waals surface area contributed by atoms with Gasteiger partial charge < -0.3 is 5.11 Å². The Bertz CT molecular complexity index is 512. The third-order valence-electron chi connectivity index (χ3n) is 1.76. The van der Waals surface area contributed by atoms with Crippen molar-refractivity contribution in [1.29, 1.82) is 0 Å². The number of halogens is 1. The van der Waals surface area contributed by atoms with E-state index in [1.54, 1.807) is 13.0 Å². The molecule has 5 nitrogen and oxygen atoms in total. The van der Waals surface area contributed by atoms with Crippen LogP contribution in [0.1, 0.15) is 5.56 Å². The first-order chi connectivity index (χ1) is 7.30. The van der Waals surface area contributed by atoms with Gasteiger partial charge in [0, 0.05) is 10.7 Å². The average molecular weight is 264 g/mol. The lowest BCUT2D eigenvalue weighted by atomic mass is 10.2. The van der Waals surface area contributed by atoms with Gasteiger partial charge in [-0.15, -0.1) is 0 Å². The number of sulfonamides is 1. The number of carboxylic acids is 1. The summed E-state index contributed by atoms with van der Waals surface area (Å²) in [6.45, 7) is 1.78. The van der Waals surface area contributed by atoms with Crippen LogP contribution in [0.5, 0.6) is 0 Å². The number of aliphatic carboxylic acids is 1. The molecule has 0 fully saturated rings. The normalized spacial score (nSPS) is 11.1. The minimum Gasteiger partial charge on any atom is -0.480 e. The molecule has 0 amide bonds. The molecule has 1 rings (SSSR count). The third-order valence-corrected chi connectivity index (χ3v) is 3.34. The molecule has 16 heavy (non-hydrogen) atoms. The molecule has 0 saturated carbocycles. The highest BCUT2D eigenvalue weighted by molar-refractivity contribution is 7.93. The fourth-order valence-electron chi connectivity index (χ4n) is 1.03. The molecule has 0 unspecified atom stereocenters. The van der Waals surface area contributed by atoms with Gasteiger partial charge in [-0.1, -0.05) is 17.7 Å². The molecule has 7 heteroatoms. The summed E-state index contributed by atoms with van der Waals surface area (Å²) >= 11 is 5.80. The van der Waals surface area contributed by atoms with Gasteiger partial charge in [-0.05, 0) is 24.6 Å². The minimum atomic E-state index is -3.87. The summed E-state index contributed by atoms with van der Waals surface area (Å²) in [7, 11) is -3.87. The molecule has 0 aliphatic heterocycles. The van der Waals surface area contributed by atoms with Crippen LogP contribution >= 0.6 is 11.6 Å². The first kappa shape index (κ1) is 12.8. The lowest BCUT2D eigenvalue weighted by Crippen LogP contribution is -2.22. The number of benzene rings is 1. The van der Waals surface area contributed by atoms with E-state index in [0.29, 0.717) is 5.02 Å². The molecule has 0 saturated heterocycles. The fourth-order valence-corrected chi connectivity index (χ4v) is 2.10. The first-order valence-corrected chi connectivity index (χ1v) is 6.31. The monoisotopic (exact) mass is 263 g/mol. The number of hydrogen-bond acceptors (Lipinski definition) is 3. The van der Waals surface area contributed by atoms with Gasteiger partial charge in [-0.3, -0.25) is 9.52 Å². The van der Waals surface area contributed by atoms with Gasteiger partial charge in [-0.25, -0.2) is 8.42 Å². The molecule has 1 aromatic rings. The van der Waals surface area contributed by atoms with Crippen molar-refractivity contribution in [2.75, 3.05) is 10.5 Å². The summed E-state index contributed by atoms with van der Waals surface area (Å²) in [6.07, 6.45) is 0. The van der Waals surface area contributed by atoms with Crippen molar-refractivity contribution in [3.05, 3.63) is 28.8 Å². The van der Waals surface area contributed by atoms with E-state index in [1.807, 2.05) is 0 Å². The summed E-state index contributed by atoms with van der Waals surface area (Å²) in [5, 5.41) is 8.79. The molecular formula is C9H10ClNO4S. The predicted molar refractivity (Wildman–Crippen MR) is 61.2 cm³/mol. The van der Waals surface area contributed by atoms with Crippen LogP contribution in [0, 0.1) is 6.92 Å². The highest BCUT2D eigenvalue weighted by atomic mass is 35.5. The second-order valence-corrected chi connectivity index (χ2v) is 5.35. The van der Waals surface area contributed by atoms with Gasteiger partial charge in [-0.2, -0.15) is 0 Å². The Morgan fingerprint density at radius 1 is 1.50 bits per heavy atom. The highest BCUT2D eigenvalue weighted by Crippen LogP contribution is 2.20. The van der Waals surface area contributed by atoms with E-state index in [4.69, 9.17) is 16.7 Å². The number of rotatable bonds is 4. The van der Waals surface area contributed by atoms with Crippen LogP contribution in [0.15, 0.2) is 18.2 Å². The van der Waals surface area contributed by atoms with E-state index in [2.05, 4.69) is 4.72 Å². The Labute approximate surface area is 98.1 Å². The number of carbonyl (C=O) groups is 1. The summed E-state index contributed by atoms with van der Waals surface area (Å²) in [5.41, 5.74) is 1.06. The molecule has 0 aliphatic carbocycles. The topological polar surface area (TPSA) is 83.5 Å². The van der Waals surface area contributed by atoms with Crippen LogP contribution < -0.4 is 4.72 Å². The number of hydrogen-bond donors (Lipinski definition) is 2. The van der Waals surface area contributed by atoms with E-state index in [1.165, 1.54) is 12.1 Å². The van der Waals surface area contributed by atoms with Crippen molar-refractivity contribution in [3.8, 4) is 0 Å². The zero-order chi connectivity index (χ0) is 12.3. The Balaban J connectivity index is 2.88. The van der Waals surface area contributed by atoms with Crippen molar-refractivity contribution < 1.29 is 18.3 Å². The van der Waals surface area contributed by atoms with E-state index >= 15 is 0 Å². The molecule has 1 aromatic carbocycles. The first-order valence-electron chi connectivity index (χ1n) is 4.28. The Morgan fingerprint density at radius 3 is 2.62 bits per heavy atom. The molecule has 0 aromatic heterocycles. The smallest absolute Gasteiger partial charge is 0.320 e. The molecule has 0 bridgehead atoms. The quantitative estimate of drug-likeness (QED) is 0.862. The largest absolute Gasteiger partial charge is 0.480 e. The zero-order valence-corrected chi connectivity index (χ0v) is 9.97. The summed E-state index contributed by atoms with van der Waals surface area (Å²) in [6, 6.07) is 4.58. The maximum Gasteiger partial charge on any atom is 0.320 e. The van der Waals surface area contributed by atoms with Gasteiger partial charge in [0.15, 0.2) is 5.75 Å². The second-order valence-electron chi connectivity index (χ2n) is 3.22. The number of anilines is 1. The van der Waals surface area contributed by atoms with Gasteiger partial charge in [0.05, 0.1) is 0 Å². The van der Waals surface area contributed by atoms with Gasteiger partial charge >= 0.3 is 5.97 Å². The van der Waals surface area contributed by atoms with E-state index in [-0.39, 0.29) is 5.69 Å². The average Bonchev–Trinajstić information content (AvgIpc) is 2.08. The van der Waals surface area contributed by atoms with Crippen LogP contribution in [0.4, 0.5) is 5.69 Å². The summed E-state index contributed by atoms with van der Waals surface area (Å²) in [5.74, 6) is -2.39. The maximum atomic E-state index is 11.3. The van der Waals surface area contributed by atoms with Crippen LogP contribution in [-0.2, 0) is 14.8 Å². The Kier molecular flexibility index (Phi) is 3.77. The summed E-state index contributed by atoms with van der Waals surface area (Å²) in [4.78, 5) is 10.3. The van der Waals surface area contributed by atoms with Crippen LogP contribution in [0.25, 0.3) is 0 Å². The molecule has 2 N–H and O–H groups in total. The van der Waals surface area contributed by atoms with E-state index < -0.39 is 21.7 Å². The lowest BCUT2D eigenvalue weighted by molar-refractivity contribution is -0.134. The molecule has 0 spiro atoms. The highest BCUT2D eigenvalue weighted by Gasteiger charge is 2.15. The zero-order valence-electron chi connectivity index (χ0n) is 8.40. The van der Waals surface area contributed by atoms with Crippen molar-refractivity contribution in [2.45, 2.75) is 6.92 Å². The number of aryl methyl sites for hydroxylation is 1. The van der Waals surface area contributed by atoms with Gasteiger partial charge in [0.25, 0.3) is 0 Å². The van der Waals surface area contributed by atoms with Crippen molar-refractivity contribution in [2.24, 2.45) is 0 Å². The second kappa shape index (κ2) is 4.71. The fraction of sp³-hybridized carbons (Fsp3) is 0.222. The SMILES string of the molecule is Cc1ccc(NS(=O)(=O)CC(=O)O)cc1Cl. The molecule has 0 aliphatic rings. The molecule has 0 radical (unpaired) electrons. The standard InChI is InChI=1S/C9H10ClNO4S/c1-6-2-3-7(4-8(6)10)11-16(14,15)5-9(12)13/h2-4,11H,5H2,1H3,(H,12,13). The van der Waals surface area contributed by atoms with Gasteiger partial charge in [0.2, 0.25) is 10.0 Å². The lowest BCUT2D eigenvalue weighted by Gasteiger charge is -2.07. The van der Waals surface area contributed by atoms with Crippen LogP contribution in [0.2, 0.25) is 5.02 Å².